The van der Waals surface area contributed by atoms with Crippen LogP contribution in [-0.2, 0) is 33.3 Å². The molecule has 2 N–H and O–H groups in total. The second-order valence-corrected chi connectivity index (χ2v) is 8.76. The van der Waals surface area contributed by atoms with Gasteiger partial charge in [-0.2, -0.15) is 0 Å². The van der Waals surface area contributed by atoms with Gasteiger partial charge in [0.25, 0.3) is 0 Å². The molecule has 2 aliphatic heterocycles. The van der Waals surface area contributed by atoms with E-state index in [0.29, 0.717) is 0 Å². The number of hydrogen-bond donors (Lipinski definition) is 2. The fourth-order valence-corrected chi connectivity index (χ4v) is 3.64. The Morgan fingerprint density at radius 2 is 1.87 bits per heavy atom. The molecule has 0 radical (unpaired) electrons. The van der Waals surface area contributed by atoms with E-state index >= 15 is 0 Å². The second-order valence-electron chi connectivity index (χ2n) is 8.76. The van der Waals surface area contributed by atoms with Crippen molar-refractivity contribution in [2.75, 3.05) is 6.61 Å². The number of carboxylic acid groups (broad SMARTS) is 1. The predicted octanol–water partition coefficient (Wildman–Crippen LogP) is 2.00. The minimum atomic E-state index is -1.13. The molecular weight excluding hydrogens is 406 g/mol. The van der Waals surface area contributed by atoms with Crippen molar-refractivity contribution in [1.82, 2.24) is 5.32 Å². The molecule has 1 unspecified atom stereocenters. The van der Waals surface area contributed by atoms with Crippen LogP contribution in [0.25, 0.3) is 0 Å². The van der Waals surface area contributed by atoms with Gasteiger partial charge in [0.2, 0.25) is 5.91 Å². The van der Waals surface area contributed by atoms with Crippen LogP contribution in [0.15, 0.2) is 30.3 Å². The molecule has 2 aliphatic rings. The number of benzene rings is 1. The molecular formula is C22H31NO8. The summed E-state index contributed by atoms with van der Waals surface area (Å²) < 4.78 is 30.1. The summed E-state index contributed by atoms with van der Waals surface area (Å²) in [7, 11) is 0. The maximum atomic E-state index is 12.0. The molecule has 7 atom stereocenters. The zero-order valence-electron chi connectivity index (χ0n) is 18.4. The lowest BCUT2D eigenvalue weighted by Gasteiger charge is -2.50. The molecule has 2 heterocycles. The highest BCUT2D eigenvalue weighted by Gasteiger charge is 2.53. The predicted molar refractivity (Wildman–Crippen MR) is 109 cm³/mol. The lowest BCUT2D eigenvalue weighted by atomic mass is 9.94. The number of aliphatic carboxylic acids is 1. The van der Waals surface area contributed by atoms with E-state index in [1.165, 1.54) is 13.8 Å². The molecule has 1 aromatic rings. The quantitative estimate of drug-likeness (QED) is 0.695. The molecule has 1 aromatic carbocycles. The summed E-state index contributed by atoms with van der Waals surface area (Å²) in [5, 5.41) is 12.2. The van der Waals surface area contributed by atoms with Gasteiger partial charge in [0.1, 0.15) is 24.4 Å². The standard InChI is InChI=1S/C22H31NO8/c1-12(19(25)26)28-18-16(23-13(2)24)21(31-22(3,4)5)29-15-11-27-20(30-17(15)18)14-9-7-6-8-10-14/h6-10,12,15-18,20-21H,11H2,1-5H3,(H,23,24)(H,25,26)/t12-,15-,16-,17-,18-,20?,21-/m1/s1. The number of fused-ring (bicyclic) bond motifs is 1. The van der Waals surface area contributed by atoms with Crippen LogP contribution in [-0.4, -0.2) is 65.9 Å². The molecule has 0 aromatic heterocycles. The third kappa shape index (κ3) is 6.02. The first-order valence-electron chi connectivity index (χ1n) is 10.4. The van der Waals surface area contributed by atoms with Gasteiger partial charge in [-0.25, -0.2) is 4.79 Å². The number of hydrogen-bond acceptors (Lipinski definition) is 7. The number of amides is 1. The zero-order valence-corrected chi connectivity index (χ0v) is 18.4. The van der Waals surface area contributed by atoms with Crippen LogP contribution in [0.4, 0.5) is 0 Å². The molecule has 9 heteroatoms. The maximum Gasteiger partial charge on any atom is 0.332 e. The SMILES string of the molecule is CC(=O)N[C@H]1[C@@H](OC(C)(C)C)O[C@@H]2COC(c3ccccc3)O[C@H]2[C@@H]1O[C@H](C)C(=O)O. The van der Waals surface area contributed by atoms with Crippen molar-refractivity contribution < 1.29 is 38.4 Å². The Labute approximate surface area is 181 Å². The largest absolute Gasteiger partial charge is 0.479 e. The van der Waals surface area contributed by atoms with Gasteiger partial charge in [-0.3, -0.25) is 4.79 Å². The van der Waals surface area contributed by atoms with Crippen molar-refractivity contribution in [3.63, 3.8) is 0 Å². The topological polar surface area (TPSA) is 113 Å². The summed E-state index contributed by atoms with van der Waals surface area (Å²) >= 11 is 0. The second kappa shape index (κ2) is 9.62. The Hall–Kier alpha value is -2.04. The maximum absolute atomic E-state index is 12.0. The normalized spacial score (nSPS) is 32.0. The van der Waals surface area contributed by atoms with Gasteiger partial charge < -0.3 is 34.1 Å². The first kappa shape index (κ1) is 23.6. The molecule has 2 saturated heterocycles. The lowest BCUT2D eigenvalue weighted by Crippen LogP contribution is -2.68. The third-order valence-corrected chi connectivity index (χ3v) is 4.96. The first-order valence-corrected chi connectivity index (χ1v) is 10.4. The smallest absolute Gasteiger partial charge is 0.332 e. The van der Waals surface area contributed by atoms with Crippen LogP contribution in [0.3, 0.4) is 0 Å². The average Bonchev–Trinajstić information content (AvgIpc) is 2.69. The number of rotatable bonds is 6. The zero-order chi connectivity index (χ0) is 22.8. The number of carbonyl (C=O) groups excluding carboxylic acids is 1. The molecule has 172 valence electrons. The van der Waals surface area contributed by atoms with Crippen LogP contribution in [0.1, 0.15) is 46.5 Å². The number of nitrogens with one attached hydrogen (secondary N) is 1. The van der Waals surface area contributed by atoms with Crippen LogP contribution < -0.4 is 5.32 Å². The van der Waals surface area contributed by atoms with E-state index in [2.05, 4.69) is 5.32 Å². The molecule has 9 nitrogen and oxygen atoms in total. The van der Waals surface area contributed by atoms with Crippen molar-refractivity contribution in [2.24, 2.45) is 0 Å². The molecule has 2 fully saturated rings. The fraction of sp³-hybridized carbons (Fsp3) is 0.636. The van der Waals surface area contributed by atoms with Crippen molar-refractivity contribution >= 4 is 11.9 Å². The molecule has 0 bridgehead atoms. The van der Waals surface area contributed by atoms with Gasteiger partial charge in [0.05, 0.1) is 12.2 Å². The van der Waals surface area contributed by atoms with Crippen LogP contribution >= 0.6 is 0 Å². The minimum Gasteiger partial charge on any atom is -0.479 e. The van der Waals surface area contributed by atoms with Crippen LogP contribution in [0.5, 0.6) is 0 Å². The van der Waals surface area contributed by atoms with E-state index in [0.717, 1.165) is 5.56 Å². The van der Waals surface area contributed by atoms with E-state index in [4.69, 9.17) is 23.7 Å². The van der Waals surface area contributed by atoms with Gasteiger partial charge in [0.15, 0.2) is 18.7 Å². The van der Waals surface area contributed by atoms with Crippen molar-refractivity contribution in [2.45, 2.75) is 83.3 Å². The number of carbonyl (C=O) groups is 2. The van der Waals surface area contributed by atoms with E-state index < -0.39 is 54.6 Å². The Morgan fingerprint density at radius 3 is 2.45 bits per heavy atom. The summed E-state index contributed by atoms with van der Waals surface area (Å²) in [5.41, 5.74) is 0.232. The molecule has 3 rings (SSSR count). The first-order chi connectivity index (χ1) is 14.5. The summed E-state index contributed by atoms with van der Waals surface area (Å²) in [6.07, 6.45) is -4.76. The number of carboxylic acids is 1. The van der Waals surface area contributed by atoms with E-state index in [-0.39, 0.29) is 12.5 Å². The van der Waals surface area contributed by atoms with E-state index in [1.807, 2.05) is 51.1 Å². The summed E-state index contributed by atoms with van der Waals surface area (Å²) in [6.45, 7) is 8.59. The Kier molecular flexibility index (Phi) is 7.33. The average molecular weight is 437 g/mol. The molecule has 1 amide bonds. The summed E-state index contributed by atoms with van der Waals surface area (Å²) in [4.78, 5) is 23.5. The van der Waals surface area contributed by atoms with Crippen molar-refractivity contribution in [3.05, 3.63) is 35.9 Å². The monoisotopic (exact) mass is 437 g/mol. The Morgan fingerprint density at radius 1 is 1.19 bits per heavy atom. The third-order valence-electron chi connectivity index (χ3n) is 4.96. The number of ether oxygens (including phenoxy) is 5. The highest BCUT2D eigenvalue weighted by molar-refractivity contribution is 5.73. The van der Waals surface area contributed by atoms with Crippen LogP contribution in [0.2, 0.25) is 0 Å². The highest BCUT2D eigenvalue weighted by atomic mass is 16.8. The molecule has 0 saturated carbocycles. The van der Waals surface area contributed by atoms with Crippen molar-refractivity contribution in [3.8, 4) is 0 Å². The van der Waals surface area contributed by atoms with Crippen LogP contribution in [0, 0.1) is 0 Å². The van der Waals surface area contributed by atoms with Gasteiger partial charge in [-0.1, -0.05) is 30.3 Å². The Balaban J connectivity index is 1.92. The summed E-state index contributed by atoms with van der Waals surface area (Å²) in [6, 6.07) is 8.61. The molecule has 31 heavy (non-hydrogen) atoms. The molecule has 0 aliphatic carbocycles. The summed E-state index contributed by atoms with van der Waals surface area (Å²) in [5.74, 6) is -1.44. The lowest BCUT2D eigenvalue weighted by molar-refractivity contribution is -0.359. The van der Waals surface area contributed by atoms with Gasteiger partial charge >= 0.3 is 5.97 Å². The van der Waals surface area contributed by atoms with Gasteiger partial charge in [0, 0.05) is 12.5 Å². The van der Waals surface area contributed by atoms with Crippen molar-refractivity contribution in [1.29, 1.82) is 0 Å². The van der Waals surface area contributed by atoms with E-state index in [9.17, 15) is 14.7 Å². The van der Waals surface area contributed by atoms with E-state index in [1.54, 1.807) is 0 Å². The molecule has 0 spiro atoms. The minimum absolute atomic E-state index is 0.197. The Bertz CT molecular complexity index is 765. The van der Waals surface area contributed by atoms with Gasteiger partial charge in [-0.15, -0.1) is 0 Å². The highest BCUT2D eigenvalue weighted by Crippen LogP contribution is 2.37. The fourth-order valence-electron chi connectivity index (χ4n) is 3.64. The van der Waals surface area contributed by atoms with Gasteiger partial charge in [-0.05, 0) is 27.7 Å².